The number of rotatable bonds is 4. The Bertz CT molecular complexity index is 801. The molecule has 0 amide bonds. The first-order valence-corrected chi connectivity index (χ1v) is 6.69. The summed E-state index contributed by atoms with van der Waals surface area (Å²) < 4.78 is 9.62. The van der Waals surface area contributed by atoms with Crippen molar-refractivity contribution in [3.05, 3.63) is 34.9 Å². The van der Waals surface area contributed by atoms with E-state index >= 15 is 0 Å². The summed E-state index contributed by atoms with van der Waals surface area (Å²) in [7, 11) is 3.52. The summed E-state index contributed by atoms with van der Waals surface area (Å²) in [6, 6.07) is 3.75. The van der Waals surface area contributed by atoms with Gasteiger partial charge in [-0.1, -0.05) is 0 Å². The van der Waals surface area contributed by atoms with Crippen LogP contribution in [0.3, 0.4) is 0 Å². The van der Waals surface area contributed by atoms with Crippen LogP contribution in [0.4, 0.5) is 0 Å². The lowest BCUT2D eigenvalue weighted by molar-refractivity contribution is 0.399. The molecule has 6 nitrogen and oxygen atoms in total. The molecule has 104 valence electrons. The standard InChI is InChI=1S/C13H15N5OS/c1-17-8-9(7-14-17)5-6-18-12-10(15-13(18)20)3-4-11(16-12)19-2/h3-4,7-8H,5-6H2,1-2H3,(H,15,20). The van der Waals surface area contributed by atoms with Crippen molar-refractivity contribution in [2.24, 2.45) is 7.05 Å². The lowest BCUT2D eigenvalue weighted by atomic mass is 10.2. The van der Waals surface area contributed by atoms with E-state index in [2.05, 4.69) is 15.1 Å². The molecule has 7 heteroatoms. The summed E-state index contributed by atoms with van der Waals surface area (Å²) in [5, 5.41) is 4.17. The van der Waals surface area contributed by atoms with E-state index in [1.807, 2.05) is 36.1 Å². The number of aromatic nitrogens is 5. The molecule has 0 saturated heterocycles. The van der Waals surface area contributed by atoms with Gasteiger partial charge in [0.15, 0.2) is 10.4 Å². The van der Waals surface area contributed by atoms with Gasteiger partial charge in [-0.05, 0) is 30.3 Å². The first kappa shape index (κ1) is 12.9. The summed E-state index contributed by atoms with van der Waals surface area (Å²) >= 11 is 5.36. The second-order valence-electron chi connectivity index (χ2n) is 4.58. The molecule has 0 aliphatic heterocycles. The molecule has 0 bridgehead atoms. The summed E-state index contributed by atoms with van der Waals surface area (Å²) in [5.74, 6) is 0.585. The third-order valence-corrected chi connectivity index (χ3v) is 3.51. The van der Waals surface area contributed by atoms with Gasteiger partial charge >= 0.3 is 0 Å². The van der Waals surface area contributed by atoms with Crippen LogP contribution in [0.2, 0.25) is 0 Å². The third kappa shape index (κ3) is 2.32. The summed E-state index contributed by atoms with van der Waals surface area (Å²) in [4.78, 5) is 7.61. The number of fused-ring (bicyclic) bond motifs is 1. The second-order valence-corrected chi connectivity index (χ2v) is 4.97. The van der Waals surface area contributed by atoms with E-state index in [1.165, 1.54) is 5.56 Å². The Kier molecular flexibility index (Phi) is 3.27. The SMILES string of the molecule is COc1ccc2[nH]c(=S)n(CCc3cnn(C)c3)c2n1. The van der Waals surface area contributed by atoms with Crippen molar-refractivity contribution in [1.82, 2.24) is 24.3 Å². The molecule has 0 aliphatic carbocycles. The Morgan fingerprint density at radius 1 is 1.40 bits per heavy atom. The monoisotopic (exact) mass is 289 g/mol. The lowest BCUT2D eigenvalue weighted by Gasteiger charge is -2.03. The number of imidazole rings is 1. The van der Waals surface area contributed by atoms with Gasteiger partial charge in [0.1, 0.15) is 0 Å². The molecule has 20 heavy (non-hydrogen) atoms. The molecule has 1 N–H and O–H groups in total. The molecule has 3 rings (SSSR count). The molecular weight excluding hydrogens is 274 g/mol. The van der Waals surface area contributed by atoms with Gasteiger partial charge in [0.05, 0.1) is 18.8 Å². The zero-order chi connectivity index (χ0) is 14.1. The molecule has 3 aromatic heterocycles. The average molecular weight is 289 g/mol. The Balaban J connectivity index is 1.93. The zero-order valence-corrected chi connectivity index (χ0v) is 12.1. The minimum atomic E-state index is 0.585. The van der Waals surface area contributed by atoms with Crippen LogP contribution in [0.1, 0.15) is 5.56 Å². The van der Waals surface area contributed by atoms with E-state index in [4.69, 9.17) is 17.0 Å². The quantitative estimate of drug-likeness (QED) is 0.747. The molecule has 0 atom stereocenters. The van der Waals surface area contributed by atoms with Gasteiger partial charge in [-0.3, -0.25) is 4.68 Å². The molecule has 3 heterocycles. The van der Waals surface area contributed by atoms with Gasteiger partial charge in [0.2, 0.25) is 5.88 Å². The summed E-state index contributed by atoms with van der Waals surface area (Å²) in [6.07, 6.45) is 4.73. The van der Waals surface area contributed by atoms with Crippen LogP contribution >= 0.6 is 12.2 Å². The number of methoxy groups -OCH3 is 1. The average Bonchev–Trinajstić information content (AvgIpc) is 2.98. The van der Waals surface area contributed by atoms with E-state index in [0.717, 1.165) is 24.1 Å². The third-order valence-electron chi connectivity index (χ3n) is 3.18. The highest BCUT2D eigenvalue weighted by Crippen LogP contribution is 2.17. The van der Waals surface area contributed by atoms with Gasteiger partial charge in [0.25, 0.3) is 0 Å². The number of nitrogens with zero attached hydrogens (tertiary/aromatic N) is 4. The number of nitrogens with one attached hydrogen (secondary N) is 1. The highest BCUT2D eigenvalue weighted by atomic mass is 32.1. The molecular formula is C13H15N5OS. The van der Waals surface area contributed by atoms with Crippen molar-refractivity contribution >= 4 is 23.4 Å². The van der Waals surface area contributed by atoms with Gasteiger partial charge in [0, 0.05) is 25.9 Å². The maximum Gasteiger partial charge on any atom is 0.215 e. The Labute approximate surface area is 121 Å². The Morgan fingerprint density at radius 2 is 2.25 bits per heavy atom. The molecule has 0 spiro atoms. The van der Waals surface area contributed by atoms with E-state index in [-0.39, 0.29) is 0 Å². The van der Waals surface area contributed by atoms with Crippen molar-refractivity contribution < 1.29 is 4.74 Å². The van der Waals surface area contributed by atoms with Crippen molar-refractivity contribution in [3.8, 4) is 5.88 Å². The van der Waals surface area contributed by atoms with Crippen LogP contribution in [0.25, 0.3) is 11.2 Å². The minimum Gasteiger partial charge on any atom is -0.481 e. The Hall–Kier alpha value is -2.15. The topological polar surface area (TPSA) is 60.7 Å². The number of aryl methyl sites for hydroxylation is 3. The van der Waals surface area contributed by atoms with E-state index in [0.29, 0.717) is 10.7 Å². The Morgan fingerprint density at radius 3 is 2.95 bits per heavy atom. The lowest BCUT2D eigenvalue weighted by Crippen LogP contribution is -2.02. The van der Waals surface area contributed by atoms with Gasteiger partial charge in [-0.15, -0.1) is 0 Å². The van der Waals surface area contributed by atoms with Crippen molar-refractivity contribution in [2.75, 3.05) is 7.11 Å². The molecule has 0 radical (unpaired) electrons. The molecule has 3 aromatic rings. The highest BCUT2D eigenvalue weighted by Gasteiger charge is 2.08. The first-order valence-electron chi connectivity index (χ1n) is 6.28. The zero-order valence-electron chi connectivity index (χ0n) is 11.3. The fourth-order valence-corrected chi connectivity index (χ4v) is 2.46. The smallest absolute Gasteiger partial charge is 0.215 e. The van der Waals surface area contributed by atoms with Gasteiger partial charge in [-0.2, -0.15) is 10.1 Å². The van der Waals surface area contributed by atoms with Crippen LogP contribution in [-0.4, -0.2) is 31.4 Å². The molecule has 0 fully saturated rings. The fourth-order valence-electron chi connectivity index (χ4n) is 2.18. The second kappa shape index (κ2) is 5.09. The summed E-state index contributed by atoms with van der Waals surface area (Å²) in [5.41, 5.74) is 2.91. The summed E-state index contributed by atoms with van der Waals surface area (Å²) in [6.45, 7) is 0.755. The molecule has 0 aliphatic rings. The van der Waals surface area contributed by atoms with Crippen LogP contribution in [-0.2, 0) is 20.0 Å². The van der Waals surface area contributed by atoms with Crippen LogP contribution in [0.15, 0.2) is 24.5 Å². The number of aromatic amines is 1. The van der Waals surface area contributed by atoms with E-state index in [9.17, 15) is 0 Å². The molecule has 0 aromatic carbocycles. The van der Waals surface area contributed by atoms with Crippen molar-refractivity contribution in [1.29, 1.82) is 0 Å². The van der Waals surface area contributed by atoms with Crippen LogP contribution < -0.4 is 4.74 Å². The van der Waals surface area contributed by atoms with Crippen molar-refractivity contribution in [2.45, 2.75) is 13.0 Å². The maximum absolute atomic E-state index is 5.36. The number of H-pyrrole nitrogens is 1. The largest absolute Gasteiger partial charge is 0.481 e. The van der Waals surface area contributed by atoms with Gasteiger partial charge < -0.3 is 14.3 Å². The maximum atomic E-state index is 5.36. The minimum absolute atomic E-state index is 0.585. The van der Waals surface area contributed by atoms with Crippen LogP contribution in [0.5, 0.6) is 5.88 Å². The predicted molar refractivity (Wildman–Crippen MR) is 78.4 cm³/mol. The first-order chi connectivity index (χ1) is 9.67. The number of hydrogen-bond donors (Lipinski definition) is 1. The predicted octanol–water partition coefficient (Wildman–Crippen LogP) is 2.08. The highest BCUT2D eigenvalue weighted by molar-refractivity contribution is 7.71. The van der Waals surface area contributed by atoms with E-state index in [1.54, 1.807) is 11.8 Å². The molecule has 0 saturated carbocycles. The van der Waals surface area contributed by atoms with Gasteiger partial charge in [-0.25, -0.2) is 0 Å². The molecule has 0 unspecified atom stereocenters. The van der Waals surface area contributed by atoms with Crippen LogP contribution in [0, 0.1) is 4.77 Å². The van der Waals surface area contributed by atoms with Crippen molar-refractivity contribution in [3.63, 3.8) is 0 Å². The number of ether oxygens (including phenoxy) is 1. The number of hydrogen-bond acceptors (Lipinski definition) is 4. The normalized spacial score (nSPS) is 11.1. The fraction of sp³-hybridized carbons (Fsp3) is 0.308. The van der Waals surface area contributed by atoms with E-state index < -0.39 is 0 Å². The number of pyridine rings is 1.